The molecule has 3 aromatic carbocycles. The van der Waals surface area contributed by atoms with Gasteiger partial charge in [0.2, 0.25) is 12.5 Å². The van der Waals surface area contributed by atoms with E-state index < -0.39 is 28.2 Å². The molecule has 1 heterocycles. The van der Waals surface area contributed by atoms with E-state index in [-0.39, 0.29) is 18.1 Å². The lowest BCUT2D eigenvalue weighted by atomic mass is 10.1. The molecule has 0 unspecified atom stereocenters. The Bertz CT molecular complexity index is 1410. The first-order valence-electron chi connectivity index (χ1n) is 10.3. The lowest BCUT2D eigenvalue weighted by Crippen LogP contribution is -2.32. The maximum Gasteiger partial charge on any atom is 0.312 e. The predicted molar refractivity (Wildman–Crippen MR) is 133 cm³/mol. The van der Waals surface area contributed by atoms with Gasteiger partial charge in [-0.1, -0.05) is 40.2 Å². The van der Waals surface area contributed by atoms with Crippen molar-refractivity contribution >= 4 is 45.7 Å². The number of phenols is 1. The second-order valence-corrected chi connectivity index (χ2v) is 8.23. The third-order valence-corrected chi connectivity index (χ3v) is 5.34. The highest BCUT2D eigenvalue weighted by atomic mass is 79.9. The molecule has 0 radical (unpaired) electrons. The van der Waals surface area contributed by atoms with Crippen LogP contribution in [0, 0.1) is 10.1 Å². The fourth-order valence-corrected chi connectivity index (χ4v) is 3.64. The fraction of sp³-hybridized carbons (Fsp3) is 0.0417. The van der Waals surface area contributed by atoms with Gasteiger partial charge < -0.3 is 19.9 Å². The van der Waals surface area contributed by atoms with Gasteiger partial charge in [0.25, 0.3) is 11.8 Å². The second-order valence-electron chi connectivity index (χ2n) is 7.31. The second kappa shape index (κ2) is 10.7. The highest BCUT2D eigenvalue weighted by Crippen LogP contribution is 2.33. The maximum atomic E-state index is 12.9. The van der Waals surface area contributed by atoms with E-state index in [0.717, 1.165) is 12.3 Å². The van der Waals surface area contributed by atoms with Crippen molar-refractivity contribution in [2.45, 2.75) is 0 Å². The molecule has 1 aliphatic heterocycles. The summed E-state index contributed by atoms with van der Waals surface area (Å²) in [6.07, 6.45) is 2.47. The highest BCUT2D eigenvalue weighted by molar-refractivity contribution is 9.10. The molecule has 0 aromatic heterocycles. The summed E-state index contributed by atoms with van der Waals surface area (Å²) in [5.41, 5.74) is 2.45. The first-order valence-corrected chi connectivity index (χ1v) is 11.1. The quantitative estimate of drug-likeness (QED) is 0.175. The molecule has 0 aliphatic carbocycles. The number of benzene rings is 3. The van der Waals surface area contributed by atoms with Gasteiger partial charge >= 0.3 is 5.69 Å². The monoisotopic (exact) mass is 552 g/mol. The molecular weight excluding hydrogens is 536 g/mol. The third kappa shape index (κ3) is 5.67. The van der Waals surface area contributed by atoms with Crippen LogP contribution < -0.4 is 20.2 Å². The number of phenolic OH excluding ortho intramolecular Hbond substituents is 1. The number of ether oxygens (including phenoxy) is 2. The fourth-order valence-electron chi connectivity index (χ4n) is 3.18. The van der Waals surface area contributed by atoms with Crippen molar-refractivity contribution in [1.82, 2.24) is 10.7 Å². The lowest BCUT2D eigenvalue weighted by Gasteiger charge is -2.09. The molecule has 1 aliphatic rings. The van der Waals surface area contributed by atoms with Crippen molar-refractivity contribution in [2.75, 3.05) is 6.79 Å². The minimum Gasteiger partial charge on any atom is -0.502 e. The van der Waals surface area contributed by atoms with E-state index in [1.165, 1.54) is 12.1 Å². The van der Waals surface area contributed by atoms with Crippen LogP contribution in [0.3, 0.4) is 0 Å². The molecule has 4 rings (SSSR count). The number of nitrogens with one attached hydrogen (secondary N) is 2. The van der Waals surface area contributed by atoms with Crippen LogP contribution in [0.4, 0.5) is 5.69 Å². The molecule has 11 nitrogen and oxygen atoms in total. The summed E-state index contributed by atoms with van der Waals surface area (Å²) in [6.45, 7) is 0.0793. The van der Waals surface area contributed by atoms with Crippen LogP contribution in [0.25, 0.3) is 6.08 Å². The zero-order valence-corrected chi connectivity index (χ0v) is 19.9. The van der Waals surface area contributed by atoms with Gasteiger partial charge in [-0.2, -0.15) is 5.10 Å². The standard InChI is InChI=1S/C24H17BrN4O7/c25-17-10-16(22(30)19(11-17)29(33)34)12-26-28-24(32)18(27-23(31)15-4-2-1-3-5-15)8-14-6-7-20-21(9-14)36-13-35-20/h1-12,30H,13H2,(H,27,31)(H,28,32)/b18-8?,26-12+. The van der Waals surface area contributed by atoms with E-state index in [9.17, 15) is 24.8 Å². The molecule has 3 aromatic rings. The van der Waals surface area contributed by atoms with Gasteiger partial charge in [0.1, 0.15) is 5.70 Å². The van der Waals surface area contributed by atoms with Gasteiger partial charge in [0.05, 0.1) is 11.1 Å². The molecule has 36 heavy (non-hydrogen) atoms. The number of hydrogen-bond acceptors (Lipinski definition) is 8. The molecular formula is C24H17BrN4O7. The number of nitro benzene ring substituents is 1. The molecule has 0 atom stereocenters. The van der Waals surface area contributed by atoms with Crippen molar-refractivity contribution in [3.63, 3.8) is 0 Å². The Morgan fingerprint density at radius 3 is 2.58 bits per heavy atom. The smallest absolute Gasteiger partial charge is 0.312 e. The van der Waals surface area contributed by atoms with Gasteiger partial charge in [0, 0.05) is 21.7 Å². The number of amides is 2. The number of fused-ring (bicyclic) bond motifs is 1. The molecule has 2 amide bonds. The van der Waals surface area contributed by atoms with Gasteiger partial charge in [-0.15, -0.1) is 0 Å². The lowest BCUT2D eigenvalue weighted by molar-refractivity contribution is -0.385. The summed E-state index contributed by atoms with van der Waals surface area (Å²) in [5, 5.41) is 27.6. The summed E-state index contributed by atoms with van der Waals surface area (Å²) in [6, 6.07) is 15.8. The summed E-state index contributed by atoms with van der Waals surface area (Å²) in [5.74, 6) is -0.879. The number of nitro groups is 1. The van der Waals surface area contributed by atoms with E-state index in [2.05, 4.69) is 31.8 Å². The van der Waals surface area contributed by atoms with E-state index in [1.54, 1.807) is 48.5 Å². The number of rotatable bonds is 7. The average Bonchev–Trinajstić information content (AvgIpc) is 3.33. The zero-order chi connectivity index (χ0) is 25.7. The molecule has 0 fully saturated rings. The summed E-state index contributed by atoms with van der Waals surface area (Å²) in [7, 11) is 0. The molecule has 182 valence electrons. The highest BCUT2D eigenvalue weighted by Gasteiger charge is 2.19. The first kappa shape index (κ1) is 24.4. The summed E-state index contributed by atoms with van der Waals surface area (Å²) < 4.78 is 11.0. The van der Waals surface area contributed by atoms with Crippen molar-refractivity contribution < 1.29 is 29.1 Å². The van der Waals surface area contributed by atoms with Crippen molar-refractivity contribution in [3.05, 3.63) is 97.6 Å². The van der Waals surface area contributed by atoms with E-state index >= 15 is 0 Å². The summed E-state index contributed by atoms with van der Waals surface area (Å²) >= 11 is 3.13. The van der Waals surface area contributed by atoms with Gasteiger partial charge in [-0.05, 0) is 42.0 Å². The minimum absolute atomic E-state index is 0.00834. The van der Waals surface area contributed by atoms with E-state index in [1.807, 2.05) is 0 Å². The molecule has 0 saturated carbocycles. The number of carbonyl (C=O) groups is 2. The molecule has 0 bridgehead atoms. The Labute approximate surface area is 212 Å². The average molecular weight is 553 g/mol. The van der Waals surface area contributed by atoms with E-state index in [4.69, 9.17) is 9.47 Å². The molecule has 12 heteroatoms. The summed E-state index contributed by atoms with van der Waals surface area (Å²) in [4.78, 5) is 36.0. The normalized spacial score (nSPS) is 12.4. The SMILES string of the molecule is O=C(N/N=C/c1cc(Br)cc([N+](=O)[O-])c1O)C(=Cc1ccc2c(c1)OCO2)NC(=O)c1ccccc1. The largest absolute Gasteiger partial charge is 0.502 e. The Morgan fingerprint density at radius 2 is 1.83 bits per heavy atom. The zero-order valence-electron chi connectivity index (χ0n) is 18.3. The van der Waals surface area contributed by atoms with Crippen molar-refractivity contribution in [2.24, 2.45) is 5.10 Å². The van der Waals surface area contributed by atoms with Crippen LogP contribution in [0.5, 0.6) is 17.2 Å². The number of carbonyl (C=O) groups excluding carboxylic acids is 2. The molecule has 0 saturated heterocycles. The molecule has 3 N–H and O–H groups in total. The van der Waals surface area contributed by atoms with Crippen molar-refractivity contribution in [1.29, 1.82) is 0 Å². The molecule has 0 spiro atoms. The van der Waals surface area contributed by atoms with Crippen LogP contribution in [0.15, 0.2) is 75.9 Å². The van der Waals surface area contributed by atoms with Crippen LogP contribution in [0.2, 0.25) is 0 Å². The number of hydrazone groups is 1. The van der Waals surface area contributed by atoms with E-state index in [0.29, 0.717) is 27.1 Å². The van der Waals surface area contributed by atoms with Crippen LogP contribution in [-0.2, 0) is 4.79 Å². The number of nitrogens with zero attached hydrogens (tertiary/aromatic N) is 2. The Kier molecular flexibility index (Phi) is 7.25. The van der Waals surface area contributed by atoms with Crippen LogP contribution in [0.1, 0.15) is 21.5 Å². The topological polar surface area (TPSA) is 152 Å². The number of halogens is 1. The Morgan fingerprint density at radius 1 is 1.08 bits per heavy atom. The van der Waals surface area contributed by atoms with Crippen molar-refractivity contribution in [3.8, 4) is 17.2 Å². The first-order chi connectivity index (χ1) is 17.3. The third-order valence-electron chi connectivity index (χ3n) is 4.89. The minimum atomic E-state index is -0.780. The Hall–Kier alpha value is -4.71. The Balaban J connectivity index is 1.59. The van der Waals surface area contributed by atoms with Gasteiger partial charge in [-0.3, -0.25) is 19.7 Å². The van der Waals surface area contributed by atoms with Gasteiger partial charge in [0.15, 0.2) is 11.5 Å². The van der Waals surface area contributed by atoms with Crippen LogP contribution in [-0.4, -0.2) is 34.9 Å². The predicted octanol–water partition coefficient (Wildman–Crippen LogP) is 3.71. The van der Waals surface area contributed by atoms with Gasteiger partial charge in [-0.25, -0.2) is 5.43 Å². The van der Waals surface area contributed by atoms with Crippen LogP contribution >= 0.6 is 15.9 Å². The maximum absolute atomic E-state index is 12.9. The number of hydrogen-bond donors (Lipinski definition) is 3. The number of aromatic hydroxyl groups is 1.